The molecule has 0 unspecified atom stereocenters. The zero-order chi connectivity index (χ0) is 19.4. The predicted molar refractivity (Wildman–Crippen MR) is 106 cm³/mol. The SMILES string of the molecule is COc1ccccc1CN1C[C@@H](C(=O)Nc2ccc(C(C)C)cc2)CC1=O. The Kier molecular flexibility index (Phi) is 5.79. The van der Waals surface area contributed by atoms with Crippen LogP contribution < -0.4 is 10.1 Å². The standard InChI is InChI=1S/C22H26N2O3/c1-15(2)16-8-10-19(11-9-16)23-22(26)18-12-21(25)24(14-18)13-17-6-4-5-7-20(17)27-3/h4-11,15,18H,12-14H2,1-3H3,(H,23,26)/t18-/m0/s1. The van der Waals surface area contributed by atoms with Crippen molar-refractivity contribution in [3.8, 4) is 5.75 Å². The van der Waals surface area contributed by atoms with Crippen molar-refractivity contribution in [1.29, 1.82) is 0 Å². The molecule has 5 nitrogen and oxygen atoms in total. The number of nitrogens with zero attached hydrogens (tertiary/aromatic N) is 1. The number of amides is 2. The maximum absolute atomic E-state index is 12.6. The molecular weight excluding hydrogens is 340 g/mol. The van der Waals surface area contributed by atoms with Crippen LogP contribution in [0.3, 0.4) is 0 Å². The van der Waals surface area contributed by atoms with E-state index in [9.17, 15) is 9.59 Å². The minimum Gasteiger partial charge on any atom is -0.496 e. The average molecular weight is 366 g/mol. The molecule has 1 N–H and O–H groups in total. The second-order valence-corrected chi connectivity index (χ2v) is 7.25. The summed E-state index contributed by atoms with van der Waals surface area (Å²) in [5, 5.41) is 2.94. The lowest BCUT2D eigenvalue weighted by atomic mass is 10.0. The number of likely N-dealkylation sites (tertiary alicyclic amines) is 1. The van der Waals surface area contributed by atoms with Crippen LogP contribution in [0.15, 0.2) is 48.5 Å². The van der Waals surface area contributed by atoms with Gasteiger partial charge in [0.15, 0.2) is 0 Å². The molecule has 1 saturated heterocycles. The first-order valence-electron chi connectivity index (χ1n) is 9.28. The highest BCUT2D eigenvalue weighted by atomic mass is 16.5. The van der Waals surface area contributed by atoms with E-state index in [1.807, 2.05) is 48.5 Å². The Balaban J connectivity index is 1.61. The van der Waals surface area contributed by atoms with Crippen molar-refractivity contribution in [2.24, 2.45) is 5.92 Å². The summed E-state index contributed by atoms with van der Waals surface area (Å²) in [5.41, 5.74) is 2.94. The number of hydrogen-bond acceptors (Lipinski definition) is 3. The molecule has 27 heavy (non-hydrogen) atoms. The Hall–Kier alpha value is -2.82. The van der Waals surface area contributed by atoms with Crippen LogP contribution in [0.1, 0.15) is 37.3 Å². The van der Waals surface area contributed by atoms with Gasteiger partial charge in [-0.2, -0.15) is 0 Å². The van der Waals surface area contributed by atoms with Crippen LogP contribution >= 0.6 is 0 Å². The molecule has 1 aliphatic rings. The molecule has 0 spiro atoms. The summed E-state index contributed by atoms with van der Waals surface area (Å²) in [4.78, 5) is 26.7. The number of nitrogens with one attached hydrogen (secondary N) is 1. The smallest absolute Gasteiger partial charge is 0.229 e. The molecule has 3 rings (SSSR count). The molecule has 0 aromatic heterocycles. The van der Waals surface area contributed by atoms with Gasteiger partial charge in [0.25, 0.3) is 0 Å². The van der Waals surface area contributed by atoms with Crippen LogP contribution in [0.2, 0.25) is 0 Å². The zero-order valence-corrected chi connectivity index (χ0v) is 16.1. The van der Waals surface area contributed by atoms with E-state index in [1.54, 1.807) is 12.0 Å². The Bertz CT molecular complexity index is 815. The van der Waals surface area contributed by atoms with Crippen molar-refractivity contribution in [2.45, 2.75) is 32.7 Å². The van der Waals surface area contributed by atoms with E-state index < -0.39 is 0 Å². The molecule has 0 aliphatic carbocycles. The Morgan fingerprint density at radius 2 is 1.89 bits per heavy atom. The average Bonchev–Trinajstić information content (AvgIpc) is 3.03. The summed E-state index contributed by atoms with van der Waals surface area (Å²) in [6.07, 6.45) is 0.241. The van der Waals surface area contributed by atoms with Gasteiger partial charge in [-0.1, -0.05) is 44.2 Å². The van der Waals surface area contributed by atoms with Gasteiger partial charge in [-0.25, -0.2) is 0 Å². The lowest BCUT2D eigenvalue weighted by Gasteiger charge is -2.18. The van der Waals surface area contributed by atoms with Gasteiger partial charge in [-0.05, 0) is 29.7 Å². The second kappa shape index (κ2) is 8.25. The molecule has 1 atom stereocenters. The summed E-state index contributed by atoms with van der Waals surface area (Å²) >= 11 is 0. The molecule has 0 radical (unpaired) electrons. The maximum atomic E-state index is 12.6. The van der Waals surface area contributed by atoms with Gasteiger partial charge in [0.2, 0.25) is 11.8 Å². The fraction of sp³-hybridized carbons (Fsp3) is 0.364. The van der Waals surface area contributed by atoms with Gasteiger partial charge in [0, 0.05) is 30.8 Å². The minimum absolute atomic E-state index is 0.00351. The van der Waals surface area contributed by atoms with E-state index in [0.29, 0.717) is 19.0 Å². The number of methoxy groups -OCH3 is 1. The summed E-state index contributed by atoms with van der Waals surface area (Å²) in [6.45, 7) is 5.14. The largest absolute Gasteiger partial charge is 0.496 e. The minimum atomic E-state index is -0.336. The highest BCUT2D eigenvalue weighted by Crippen LogP contribution is 2.26. The van der Waals surface area contributed by atoms with E-state index >= 15 is 0 Å². The first-order chi connectivity index (χ1) is 13.0. The number of ether oxygens (including phenoxy) is 1. The summed E-state index contributed by atoms with van der Waals surface area (Å²) < 4.78 is 5.35. The van der Waals surface area contributed by atoms with Crippen molar-refractivity contribution in [2.75, 3.05) is 19.0 Å². The second-order valence-electron chi connectivity index (χ2n) is 7.25. The van der Waals surface area contributed by atoms with Crippen molar-refractivity contribution >= 4 is 17.5 Å². The number of carbonyl (C=O) groups is 2. The number of anilines is 1. The van der Waals surface area contributed by atoms with Crippen LogP contribution in [0.4, 0.5) is 5.69 Å². The van der Waals surface area contributed by atoms with Crippen LogP contribution in [-0.2, 0) is 16.1 Å². The zero-order valence-electron chi connectivity index (χ0n) is 16.1. The molecule has 5 heteroatoms. The van der Waals surface area contributed by atoms with Crippen LogP contribution in [0.5, 0.6) is 5.75 Å². The molecule has 2 aromatic carbocycles. The normalized spacial score (nSPS) is 16.7. The number of hydrogen-bond donors (Lipinski definition) is 1. The highest BCUT2D eigenvalue weighted by Gasteiger charge is 2.34. The van der Waals surface area contributed by atoms with E-state index in [1.165, 1.54) is 5.56 Å². The van der Waals surface area contributed by atoms with Crippen LogP contribution in [0.25, 0.3) is 0 Å². The molecular formula is C22H26N2O3. The molecule has 0 saturated carbocycles. The monoisotopic (exact) mass is 366 g/mol. The lowest BCUT2D eigenvalue weighted by molar-refractivity contribution is -0.128. The molecule has 142 valence electrons. The van der Waals surface area contributed by atoms with Crippen molar-refractivity contribution < 1.29 is 14.3 Å². The van der Waals surface area contributed by atoms with Gasteiger partial charge in [0.1, 0.15) is 5.75 Å². The van der Waals surface area contributed by atoms with Gasteiger partial charge < -0.3 is 15.0 Å². The predicted octanol–water partition coefficient (Wildman–Crippen LogP) is 3.81. The molecule has 1 heterocycles. The molecule has 1 aliphatic heterocycles. The van der Waals surface area contributed by atoms with Crippen LogP contribution in [0, 0.1) is 5.92 Å². The first kappa shape index (κ1) is 19.0. The topological polar surface area (TPSA) is 58.6 Å². The third kappa shape index (κ3) is 4.48. The van der Waals surface area contributed by atoms with E-state index in [-0.39, 0.29) is 24.2 Å². The highest BCUT2D eigenvalue weighted by molar-refractivity contribution is 5.97. The van der Waals surface area contributed by atoms with Crippen LogP contribution in [-0.4, -0.2) is 30.4 Å². The Morgan fingerprint density at radius 3 is 2.56 bits per heavy atom. The van der Waals surface area contributed by atoms with Gasteiger partial charge >= 0.3 is 0 Å². The first-order valence-corrected chi connectivity index (χ1v) is 9.28. The van der Waals surface area contributed by atoms with Gasteiger partial charge in [-0.15, -0.1) is 0 Å². The summed E-state index contributed by atoms with van der Waals surface area (Å²) in [5.74, 6) is 0.755. The lowest BCUT2D eigenvalue weighted by Crippen LogP contribution is -2.28. The fourth-order valence-electron chi connectivity index (χ4n) is 3.34. The third-order valence-electron chi connectivity index (χ3n) is 4.98. The van der Waals surface area contributed by atoms with Gasteiger partial charge in [0.05, 0.1) is 13.0 Å². The summed E-state index contributed by atoms with van der Waals surface area (Å²) in [7, 11) is 1.62. The maximum Gasteiger partial charge on any atom is 0.229 e. The Morgan fingerprint density at radius 1 is 1.19 bits per heavy atom. The summed E-state index contributed by atoms with van der Waals surface area (Å²) in [6, 6.07) is 15.5. The molecule has 0 bridgehead atoms. The molecule has 1 fully saturated rings. The van der Waals surface area contributed by atoms with Crippen molar-refractivity contribution in [3.05, 3.63) is 59.7 Å². The van der Waals surface area contributed by atoms with E-state index in [2.05, 4.69) is 19.2 Å². The third-order valence-corrected chi connectivity index (χ3v) is 4.98. The fourth-order valence-corrected chi connectivity index (χ4v) is 3.34. The van der Waals surface area contributed by atoms with E-state index in [4.69, 9.17) is 4.74 Å². The Labute approximate surface area is 160 Å². The number of rotatable bonds is 6. The van der Waals surface area contributed by atoms with E-state index in [0.717, 1.165) is 17.0 Å². The molecule has 2 amide bonds. The number of carbonyl (C=O) groups excluding carboxylic acids is 2. The molecule has 2 aromatic rings. The quantitative estimate of drug-likeness (QED) is 0.846. The number of benzene rings is 2. The van der Waals surface area contributed by atoms with Crippen molar-refractivity contribution in [3.63, 3.8) is 0 Å². The van der Waals surface area contributed by atoms with Crippen molar-refractivity contribution in [1.82, 2.24) is 4.90 Å². The number of para-hydroxylation sites is 1. The van der Waals surface area contributed by atoms with Gasteiger partial charge in [-0.3, -0.25) is 9.59 Å².